The molecule has 0 aliphatic heterocycles. The highest BCUT2D eigenvalue weighted by molar-refractivity contribution is 7.48. The zero-order chi connectivity index (χ0) is 14.7. The highest BCUT2D eigenvalue weighted by Crippen LogP contribution is 2.48. The van der Waals surface area contributed by atoms with E-state index in [0.29, 0.717) is 19.1 Å². The highest BCUT2D eigenvalue weighted by Gasteiger charge is 2.25. The van der Waals surface area contributed by atoms with Crippen molar-refractivity contribution < 1.29 is 27.8 Å². The molecule has 19 heavy (non-hydrogen) atoms. The predicted octanol–water partition coefficient (Wildman–Crippen LogP) is 0.981. The van der Waals surface area contributed by atoms with Crippen LogP contribution in [0.25, 0.3) is 0 Å². The van der Waals surface area contributed by atoms with Gasteiger partial charge in [0.25, 0.3) is 0 Å². The largest absolute Gasteiger partial charge is 0.474 e. The number of hydrogen-bond acceptors (Lipinski definition) is 5. The molecule has 2 unspecified atom stereocenters. The van der Waals surface area contributed by atoms with Gasteiger partial charge in [0.2, 0.25) is 0 Å². The minimum absolute atomic E-state index is 0.293. The monoisotopic (exact) mass is 298 g/mol. The topological polar surface area (TPSA) is 58.4 Å². The molecule has 0 spiro atoms. The molecule has 2 atom stereocenters. The number of likely N-dealkylation sites (N-methyl/N-ethyl adjacent to an activating group) is 1. The van der Waals surface area contributed by atoms with E-state index < -0.39 is 7.82 Å². The molecule has 0 bridgehead atoms. The molecule has 7 heteroatoms. The molecule has 6 nitrogen and oxygen atoms in total. The Morgan fingerprint density at radius 1 is 1.16 bits per heavy atom. The second-order valence-corrected chi connectivity index (χ2v) is 6.73. The number of rotatable bonds is 12. The quantitative estimate of drug-likeness (QED) is 0.430. The zero-order valence-electron chi connectivity index (χ0n) is 12.8. The molecule has 0 amide bonds. The van der Waals surface area contributed by atoms with E-state index in [1.54, 1.807) is 7.11 Å². The Morgan fingerprint density at radius 2 is 1.84 bits per heavy atom. The van der Waals surface area contributed by atoms with Gasteiger partial charge in [-0.15, -0.1) is 0 Å². The molecular formula is C12H29NO5P+. The second kappa shape index (κ2) is 10.8. The SMILES string of the molecule is COCCCC(C)COP(=O)(OC)OCC[NH+](C)C. The average molecular weight is 298 g/mol. The van der Waals surface area contributed by atoms with Crippen LogP contribution in [0.4, 0.5) is 0 Å². The van der Waals surface area contributed by atoms with E-state index in [2.05, 4.69) is 0 Å². The average Bonchev–Trinajstić information content (AvgIpc) is 2.36. The lowest BCUT2D eigenvalue weighted by molar-refractivity contribution is -0.858. The maximum Gasteiger partial charge on any atom is 0.474 e. The summed E-state index contributed by atoms with van der Waals surface area (Å²) in [6.45, 7) is 4.24. The normalized spacial score (nSPS) is 16.5. The van der Waals surface area contributed by atoms with Gasteiger partial charge in [0.05, 0.1) is 20.7 Å². The van der Waals surface area contributed by atoms with Crippen molar-refractivity contribution >= 4 is 7.82 Å². The minimum atomic E-state index is -3.39. The lowest BCUT2D eigenvalue weighted by Crippen LogP contribution is -3.06. The van der Waals surface area contributed by atoms with Gasteiger partial charge in [-0.25, -0.2) is 4.57 Å². The molecule has 0 saturated carbocycles. The molecule has 116 valence electrons. The third kappa shape index (κ3) is 10.5. The molecule has 0 aliphatic carbocycles. The van der Waals surface area contributed by atoms with Crippen molar-refractivity contribution in [2.24, 2.45) is 5.92 Å². The van der Waals surface area contributed by atoms with Crippen molar-refractivity contribution in [3.63, 3.8) is 0 Å². The van der Waals surface area contributed by atoms with E-state index in [-0.39, 0.29) is 0 Å². The van der Waals surface area contributed by atoms with Gasteiger partial charge in [0.1, 0.15) is 13.2 Å². The van der Waals surface area contributed by atoms with Crippen LogP contribution in [0.5, 0.6) is 0 Å². The predicted molar refractivity (Wildman–Crippen MR) is 74.5 cm³/mol. The van der Waals surface area contributed by atoms with Crippen LogP contribution >= 0.6 is 7.82 Å². The lowest BCUT2D eigenvalue weighted by Gasteiger charge is -2.18. The number of phosphoric ester groups is 1. The number of ether oxygens (including phenoxy) is 1. The Hall–Kier alpha value is 0.0300. The van der Waals surface area contributed by atoms with Gasteiger partial charge in [-0.1, -0.05) is 6.92 Å². The zero-order valence-corrected chi connectivity index (χ0v) is 13.7. The third-order valence-electron chi connectivity index (χ3n) is 2.64. The molecular weight excluding hydrogens is 269 g/mol. The number of phosphoric acid groups is 1. The summed E-state index contributed by atoms with van der Waals surface area (Å²) in [5, 5.41) is 0. The van der Waals surface area contributed by atoms with Crippen molar-refractivity contribution in [1.29, 1.82) is 0 Å². The van der Waals surface area contributed by atoms with Gasteiger partial charge < -0.3 is 9.64 Å². The Balaban J connectivity index is 3.92. The summed E-state index contributed by atoms with van der Waals surface area (Å²) in [5.41, 5.74) is 0. The molecule has 0 fully saturated rings. The molecule has 0 radical (unpaired) electrons. The van der Waals surface area contributed by atoms with Gasteiger partial charge in [-0.3, -0.25) is 13.6 Å². The Morgan fingerprint density at radius 3 is 2.37 bits per heavy atom. The van der Waals surface area contributed by atoms with E-state index in [9.17, 15) is 4.57 Å². The molecule has 0 aromatic heterocycles. The number of methoxy groups -OCH3 is 1. The number of quaternary nitrogens is 1. The summed E-state index contributed by atoms with van der Waals surface area (Å²) in [5.74, 6) is 0.293. The fourth-order valence-electron chi connectivity index (χ4n) is 1.38. The van der Waals surface area contributed by atoms with Crippen molar-refractivity contribution in [2.75, 3.05) is 54.7 Å². The molecule has 0 heterocycles. The first-order valence-electron chi connectivity index (χ1n) is 6.66. The standard InChI is InChI=1S/C12H28NO5P/c1-12(7-6-9-15-4)11-18-19(14,16-5)17-10-8-13(2)3/h12H,6-11H2,1-5H3/p+1. The van der Waals surface area contributed by atoms with Gasteiger partial charge >= 0.3 is 7.82 Å². The van der Waals surface area contributed by atoms with Gasteiger partial charge in [-0.2, -0.15) is 0 Å². The summed E-state index contributed by atoms with van der Waals surface area (Å²) in [6, 6.07) is 0. The summed E-state index contributed by atoms with van der Waals surface area (Å²) >= 11 is 0. The van der Waals surface area contributed by atoms with Crippen LogP contribution < -0.4 is 4.90 Å². The van der Waals surface area contributed by atoms with E-state index in [0.717, 1.165) is 26.0 Å². The van der Waals surface area contributed by atoms with Crippen LogP contribution in [0.1, 0.15) is 19.8 Å². The maximum atomic E-state index is 12.1. The van der Waals surface area contributed by atoms with Crippen molar-refractivity contribution in [2.45, 2.75) is 19.8 Å². The van der Waals surface area contributed by atoms with Gasteiger partial charge in [-0.05, 0) is 18.8 Å². The van der Waals surface area contributed by atoms with E-state index in [1.165, 1.54) is 12.0 Å². The van der Waals surface area contributed by atoms with Crippen molar-refractivity contribution in [3.8, 4) is 0 Å². The summed E-state index contributed by atoms with van der Waals surface area (Å²) in [4.78, 5) is 1.22. The third-order valence-corrected chi connectivity index (χ3v) is 4.05. The smallest absolute Gasteiger partial charge is 0.385 e. The van der Waals surface area contributed by atoms with Crippen LogP contribution in [0.2, 0.25) is 0 Å². The van der Waals surface area contributed by atoms with Crippen molar-refractivity contribution in [1.82, 2.24) is 0 Å². The Kier molecular flexibility index (Phi) is 10.8. The van der Waals surface area contributed by atoms with Crippen LogP contribution in [0, 0.1) is 5.92 Å². The molecule has 0 aliphatic rings. The number of hydrogen-bond donors (Lipinski definition) is 1. The fraction of sp³-hybridized carbons (Fsp3) is 1.00. The van der Waals surface area contributed by atoms with Gasteiger partial charge in [0, 0.05) is 20.8 Å². The first-order chi connectivity index (χ1) is 8.93. The minimum Gasteiger partial charge on any atom is -0.385 e. The number of nitrogens with one attached hydrogen (secondary N) is 1. The highest BCUT2D eigenvalue weighted by atomic mass is 31.2. The fourth-order valence-corrected chi connectivity index (χ4v) is 2.42. The van der Waals surface area contributed by atoms with Crippen LogP contribution in [-0.2, 0) is 22.9 Å². The summed E-state index contributed by atoms with van der Waals surface area (Å²) in [7, 11) is 3.63. The first kappa shape index (κ1) is 19.0. The maximum absolute atomic E-state index is 12.1. The lowest BCUT2D eigenvalue weighted by atomic mass is 10.1. The Bertz CT molecular complexity index is 263. The van der Waals surface area contributed by atoms with Crippen LogP contribution in [-0.4, -0.2) is 54.7 Å². The van der Waals surface area contributed by atoms with E-state index >= 15 is 0 Å². The molecule has 0 aromatic carbocycles. The van der Waals surface area contributed by atoms with E-state index in [1.807, 2.05) is 21.0 Å². The summed E-state index contributed by atoms with van der Waals surface area (Å²) in [6.07, 6.45) is 1.92. The Labute approximate surface area is 117 Å². The molecule has 0 rings (SSSR count). The molecule has 0 aromatic rings. The first-order valence-corrected chi connectivity index (χ1v) is 8.12. The molecule has 0 saturated heterocycles. The second-order valence-electron chi connectivity index (χ2n) is 4.96. The van der Waals surface area contributed by atoms with E-state index in [4.69, 9.17) is 18.3 Å². The van der Waals surface area contributed by atoms with Gasteiger partial charge in [0.15, 0.2) is 0 Å². The molecule has 1 N–H and O–H groups in total. The van der Waals surface area contributed by atoms with Crippen LogP contribution in [0.15, 0.2) is 0 Å². The summed E-state index contributed by atoms with van der Waals surface area (Å²) < 4.78 is 32.5. The van der Waals surface area contributed by atoms with Crippen molar-refractivity contribution in [3.05, 3.63) is 0 Å². The van der Waals surface area contributed by atoms with Crippen LogP contribution in [0.3, 0.4) is 0 Å².